The summed E-state index contributed by atoms with van der Waals surface area (Å²) in [6.45, 7) is 9.40. The van der Waals surface area contributed by atoms with Crippen LogP contribution in [0.1, 0.15) is 11.1 Å². The number of hydrogen-bond donors (Lipinski definition) is 1. The van der Waals surface area contributed by atoms with Gasteiger partial charge in [0, 0.05) is 32.7 Å². The molecule has 1 saturated heterocycles. The Hall–Kier alpha value is -0.900. The molecule has 0 unspecified atom stereocenters. The van der Waals surface area contributed by atoms with Crippen molar-refractivity contribution in [1.29, 1.82) is 0 Å². The molecule has 18 heavy (non-hydrogen) atoms. The predicted molar refractivity (Wildman–Crippen MR) is 75.0 cm³/mol. The number of aryl methyl sites for hydroxylation is 1. The maximum Gasteiger partial charge on any atom is 0.0593 e. The number of ether oxygens (including phenoxy) is 1. The van der Waals surface area contributed by atoms with Crippen molar-refractivity contribution in [2.45, 2.75) is 13.3 Å². The van der Waals surface area contributed by atoms with E-state index in [1.807, 2.05) is 0 Å². The molecule has 1 fully saturated rings. The van der Waals surface area contributed by atoms with Gasteiger partial charge in [-0.05, 0) is 18.9 Å². The highest BCUT2D eigenvalue weighted by Crippen LogP contribution is 2.03. The Balaban J connectivity index is 1.54. The van der Waals surface area contributed by atoms with Crippen LogP contribution in [0.15, 0.2) is 24.3 Å². The lowest BCUT2D eigenvalue weighted by Gasteiger charge is -2.26. The fourth-order valence-corrected chi connectivity index (χ4v) is 2.18. The molecule has 0 spiro atoms. The number of benzene rings is 1. The van der Waals surface area contributed by atoms with Gasteiger partial charge < -0.3 is 10.1 Å². The normalized spacial score (nSPS) is 16.9. The first-order valence-corrected chi connectivity index (χ1v) is 6.91. The minimum atomic E-state index is 0.829. The molecule has 0 aliphatic carbocycles. The van der Waals surface area contributed by atoms with Gasteiger partial charge in [0.05, 0.1) is 13.2 Å². The van der Waals surface area contributed by atoms with E-state index in [1.165, 1.54) is 11.1 Å². The molecule has 1 N–H and O–H groups in total. The minimum absolute atomic E-state index is 0.829. The summed E-state index contributed by atoms with van der Waals surface area (Å²) >= 11 is 0. The van der Waals surface area contributed by atoms with Gasteiger partial charge in [-0.25, -0.2) is 0 Å². The molecule has 1 aliphatic heterocycles. The van der Waals surface area contributed by atoms with Gasteiger partial charge in [-0.1, -0.05) is 29.8 Å². The van der Waals surface area contributed by atoms with Crippen molar-refractivity contribution in [2.24, 2.45) is 0 Å². The number of piperazine rings is 1. The third-order valence-corrected chi connectivity index (χ3v) is 3.42. The molecule has 3 nitrogen and oxygen atoms in total. The molecule has 0 saturated carbocycles. The van der Waals surface area contributed by atoms with E-state index < -0.39 is 0 Å². The molecular formula is C15H24N2O. The molecule has 1 aromatic carbocycles. The van der Waals surface area contributed by atoms with Crippen molar-refractivity contribution in [3.8, 4) is 0 Å². The van der Waals surface area contributed by atoms with E-state index >= 15 is 0 Å². The molecule has 3 heteroatoms. The molecule has 0 atom stereocenters. The summed E-state index contributed by atoms with van der Waals surface area (Å²) in [7, 11) is 0. The summed E-state index contributed by atoms with van der Waals surface area (Å²) in [6.07, 6.45) is 1.02. The maximum absolute atomic E-state index is 5.71. The monoisotopic (exact) mass is 248 g/mol. The Morgan fingerprint density at radius 2 is 1.83 bits per heavy atom. The van der Waals surface area contributed by atoms with E-state index in [0.717, 1.165) is 52.4 Å². The van der Waals surface area contributed by atoms with E-state index in [9.17, 15) is 0 Å². The van der Waals surface area contributed by atoms with Crippen molar-refractivity contribution in [1.82, 2.24) is 10.2 Å². The zero-order valence-electron chi connectivity index (χ0n) is 11.3. The SMILES string of the molecule is Cc1ccc(CCOCCN2CCNCC2)cc1. The largest absolute Gasteiger partial charge is 0.380 e. The van der Waals surface area contributed by atoms with Gasteiger partial charge in [-0.3, -0.25) is 4.90 Å². The molecule has 1 heterocycles. The second kappa shape index (κ2) is 7.52. The Morgan fingerprint density at radius 3 is 2.56 bits per heavy atom. The van der Waals surface area contributed by atoms with Crippen LogP contribution in [0.25, 0.3) is 0 Å². The predicted octanol–water partition coefficient (Wildman–Crippen LogP) is 1.46. The van der Waals surface area contributed by atoms with Crippen LogP contribution in [-0.4, -0.2) is 50.8 Å². The van der Waals surface area contributed by atoms with E-state index in [4.69, 9.17) is 4.74 Å². The molecule has 1 aromatic rings. The van der Waals surface area contributed by atoms with Crippen LogP contribution in [0.2, 0.25) is 0 Å². The van der Waals surface area contributed by atoms with Crippen molar-refractivity contribution in [3.05, 3.63) is 35.4 Å². The van der Waals surface area contributed by atoms with Crippen LogP contribution in [0.3, 0.4) is 0 Å². The van der Waals surface area contributed by atoms with E-state index in [0.29, 0.717) is 0 Å². The lowest BCUT2D eigenvalue weighted by molar-refractivity contribution is 0.101. The summed E-state index contributed by atoms with van der Waals surface area (Å²) in [6, 6.07) is 8.70. The smallest absolute Gasteiger partial charge is 0.0593 e. The first-order valence-electron chi connectivity index (χ1n) is 6.91. The van der Waals surface area contributed by atoms with E-state index in [1.54, 1.807) is 0 Å². The van der Waals surface area contributed by atoms with Crippen LogP contribution in [0.4, 0.5) is 0 Å². The number of nitrogens with zero attached hydrogens (tertiary/aromatic N) is 1. The molecule has 0 aromatic heterocycles. The Bertz CT molecular complexity index is 331. The van der Waals surface area contributed by atoms with E-state index in [2.05, 4.69) is 41.4 Å². The molecular weight excluding hydrogens is 224 g/mol. The van der Waals surface area contributed by atoms with Crippen molar-refractivity contribution < 1.29 is 4.74 Å². The Kier molecular flexibility index (Phi) is 5.65. The standard InChI is InChI=1S/C15H24N2O/c1-14-2-4-15(5-3-14)6-12-18-13-11-17-9-7-16-8-10-17/h2-5,16H,6-13H2,1H3. The quantitative estimate of drug-likeness (QED) is 0.771. The van der Waals surface area contributed by atoms with Gasteiger partial charge in [0.1, 0.15) is 0 Å². The highest BCUT2D eigenvalue weighted by Gasteiger charge is 2.08. The molecule has 0 bridgehead atoms. The lowest BCUT2D eigenvalue weighted by Crippen LogP contribution is -2.44. The Morgan fingerprint density at radius 1 is 1.11 bits per heavy atom. The maximum atomic E-state index is 5.71. The average molecular weight is 248 g/mol. The van der Waals surface area contributed by atoms with Crippen molar-refractivity contribution >= 4 is 0 Å². The number of rotatable bonds is 6. The van der Waals surface area contributed by atoms with Crippen LogP contribution < -0.4 is 5.32 Å². The summed E-state index contributed by atoms with van der Waals surface area (Å²) in [5.41, 5.74) is 2.68. The Labute approximate surface area is 110 Å². The molecule has 1 aliphatic rings. The average Bonchev–Trinajstić information content (AvgIpc) is 2.42. The van der Waals surface area contributed by atoms with E-state index in [-0.39, 0.29) is 0 Å². The topological polar surface area (TPSA) is 24.5 Å². The summed E-state index contributed by atoms with van der Waals surface area (Å²) in [5, 5.41) is 3.36. The van der Waals surface area contributed by atoms with Crippen LogP contribution in [0.5, 0.6) is 0 Å². The molecule has 0 amide bonds. The highest BCUT2D eigenvalue weighted by atomic mass is 16.5. The zero-order valence-corrected chi connectivity index (χ0v) is 11.3. The van der Waals surface area contributed by atoms with Crippen molar-refractivity contribution in [2.75, 3.05) is 45.9 Å². The summed E-state index contributed by atoms with van der Waals surface area (Å²) < 4.78 is 5.71. The third-order valence-electron chi connectivity index (χ3n) is 3.42. The van der Waals surface area contributed by atoms with Gasteiger partial charge in [0.2, 0.25) is 0 Å². The second-order valence-electron chi connectivity index (χ2n) is 4.94. The molecule has 100 valence electrons. The first-order chi connectivity index (χ1) is 8.84. The van der Waals surface area contributed by atoms with Gasteiger partial charge in [-0.15, -0.1) is 0 Å². The van der Waals surface area contributed by atoms with Crippen molar-refractivity contribution in [3.63, 3.8) is 0 Å². The van der Waals surface area contributed by atoms with Gasteiger partial charge in [0.25, 0.3) is 0 Å². The number of nitrogens with one attached hydrogen (secondary N) is 1. The van der Waals surface area contributed by atoms with Gasteiger partial charge in [0.15, 0.2) is 0 Å². The second-order valence-corrected chi connectivity index (χ2v) is 4.94. The first kappa shape index (κ1) is 13.5. The lowest BCUT2D eigenvalue weighted by atomic mass is 10.1. The highest BCUT2D eigenvalue weighted by molar-refractivity contribution is 5.21. The zero-order chi connectivity index (χ0) is 12.6. The van der Waals surface area contributed by atoms with Gasteiger partial charge in [-0.2, -0.15) is 0 Å². The summed E-state index contributed by atoms with van der Waals surface area (Å²) in [4.78, 5) is 2.46. The van der Waals surface area contributed by atoms with Crippen LogP contribution >= 0.6 is 0 Å². The third kappa shape index (κ3) is 4.77. The molecule has 2 rings (SSSR count). The van der Waals surface area contributed by atoms with Crippen LogP contribution in [0, 0.1) is 6.92 Å². The van der Waals surface area contributed by atoms with Crippen LogP contribution in [-0.2, 0) is 11.2 Å². The van der Waals surface area contributed by atoms with Gasteiger partial charge >= 0.3 is 0 Å². The minimum Gasteiger partial charge on any atom is -0.380 e. The fourth-order valence-electron chi connectivity index (χ4n) is 2.18. The summed E-state index contributed by atoms with van der Waals surface area (Å²) in [5.74, 6) is 0. The fraction of sp³-hybridized carbons (Fsp3) is 0.600. The molecule has 0 radical (unpaired) electrons. The number of hydrogen-bond acceptors (Lipinski definition) is 3.